The summed E-state index contributed by atoms with van der Waals surface area (Å²) in [6.45, 7) is 4.44. The fourth-order valence-electron chi connectivity index (χ4n) is 0.921. The summed E-state index contributed by atoms with van der Waals surface area (Å²) in [5.41, 5.74) is 0. The van der Waals surface area contributed by atoms with Crippen molar-refractivity contribution < 1.29 is 0 Å². The number of hydrogen-bond donors (Lipinski definition) is 0. The summed E-state index contributed by atoms with van der Waals surface area (Å²) in [4.78, 5) is 0. The Hall–Kier alpha value is 0.0900. The molecule has 0 aliphatic carbocycles. The highest BCUT2D eigenvalue weighted by Gasteiger charge is 1.83. The molecule has 0 fully saturated rings. The Bertz CT molecular complexity index is 86.9. The second kappa shape index (κ2) is 10.1. The normalized spacial score (nSPS) is 11.1. The first-order valence-corrected chi connectivity index (χ1v) is 5.73. The zero-order valence-corrected chi connectivity index (χ0v) is 8.62. The van der Waals surface area contributed by atoms with Gasteiger partial charge in [0.2, 0.25) is 0 Å². The van der Waals surface area contributed by atoms with E-state index in [0.29, 0.717) is 0 Å². The van der Waals surface area contributed by atoms with E-state index in [2.05, 4.69) is 25.3 Å². The smallest absolute Gasteiger partial charge is 0.00546 e. The minimum atomic E-state index is 1.20. The Kier molecular flexibility index (Phi) is 10.2. The predicted octanol–water partition coefficient (Wildman–Crippen LogP) is 4.22. The van der Waals surface area contributed by atoms with Gasteiger partial charge in [-0.3, -0.25) is 0 Å². The molecule has 0 saturated carbocycles. The van der Waals surface area contributed by atoms with Crippen molar-refractivity contribution >= 4 is 11.8 Å². The van der Waals surface area contributed by atoms with Gasteiger partial charge in [0.25, 0.3) is 0 Å². The highest BCUT2D eigenvalue weighted by Crippen LogP contribution is 2.06. The van der Waals surface area contributed by atoms with Gasteiger partial charge in [-0.2, -0.15) is 0 Å². The maximum Gasteiger partial charge on any atom is -0.00546 e. The Morgan fingerprint density at radius 2 is 1.91 bits per heavy atom. The number of rotatable bonds is 7. The monoisotopic (exact) mass is 172 g/mol. The molecular weight excluding hydrogens is 152 g/mol. The zero-order valence-electron chi connectivity index (χ0n) is 7.81. The Morgan fingerprint density at radius 1 is 1.09 bits per heavy atom. The van der Waals surface area contributed by atoms with Gasteiger partial charge in [0, 0.05) is 0 Å². The first-order chi connectivity index (χ1) is 5.41. The third-order valence-electron chi connectivity index (χ3n) is 1.58. The van der Waals surface area contributed by atoms with Crippen LogP contribution in [0.1, 0.15) is 46.0 Å². The quantitative estimate of drug-likeness (QED) is 0.518. The summed E-state index contributed by atoms with van der Waals surface area (Å²) >= 11 is 1.89. The second-order valence-corrected chi connectivity index (χ2v) is 3.86. The van der Waals surface area contributed by atoms with E-state index in [4.69, 9.17) is 0 Å². The first-order valence-electron chi connectivity index (χ1n) is 4.68. The molecule has 0 spiro atoms. The minimum Gasteiger partial charge on any atom is -0.135 e. The van der Waals surface area contributed by atoms with Crippen molar-refractivity contribution in [2.24, 2.45) is 0 Å². The summed E-state index contributed by atoms with van der Waals surface area (Å²) in [5.74, 6) is 1.20. The summed E-state index contributed by atoms with van der Waals surface area (Å²) in [5, 5.41) is 2.23. The highest BCUT2D eigenvalue weighted by atomic mass is 32.2. The third-order valence-corrected chi connectivity index (χ3v) is 2.30. The molecule has 0 amide bonds. The molecule has 0 aliphatic rings. The molecule has 0 aromatic carbocycles. The molecule has 0 heterocycles. The van der Waals surface area contributed by atoms with Crippen LogP contribution >= 0.6 is 11.8 Å². The van der Waals surface area contributed by atoms with Crippen molar-refractivity contribution in [3.63, 3.8) is 0 Å². The summed E-state index contributed by atoms with van der Waals surface area (Å²) < 4.78 is 0. The van der Waals surface area contributed by atoms with Gasteiger partial charge in [-0.1, -0.05) is 39.2 Å². The summed E-state index contributed by atoms with van der Waals surface area (Å²) in [7, 11) is 0. The standard InChI is InChI=1S/C10H20S/c1-3-5-6-7-8-9-10-11-4-2/h9-10H,3-8H2,1-2H3/b10-9+. The molecule has 1 heteroatoms. The van der Waals surface area contributed by atoms with Crippen LogP contribution in [0.5, 0.6) is 0 Å². The van der Waals surface area contributed by atoms with Gasteiger partial charge >= 0.3 is 0 Å². The first kappa shape index (κ1) is 11.1. The average Bonchev–Trinajstić information content (AvgIpc) is 2.03. The SMILES string of the molecule is CCCCCC/C=C/SCC. The third kappa shape index (κ3) is 10.1. The molecule has 0 nitrogen and oxygen atoms in total. The van der Waals surface area contributed by atoms with Crippen LogP contribution < -0.4 is 0 Å². The van der Waals surface area contributed by atoms with Crippen LogP contribution in [0.4, 0.5) is 0 Å². The van der Waals surface area contributed by atoms with E-state index in [1.807, 2.05) is 11.8 Å². The van der Waals surface area contributed by atoms with Gasteiger partial charge in [-0.25, -0.2) is 0 Å². The van der Waals surface area contributed by atoms with Crippen LogP contribution in [-0.4, -0.2) is 5.75 Å². The van der Waals surface area contributed by atoms with E-state index >= 15 is 0 Å². The minimum absolute atomic E-state index is 1.20. The van der Waals surface area contributed by atoms with E-state index in [-0.39, 0.29) is 0 Å². The van der Waals surface area contributed by atoms with Gasteiger partial charge in [0.1, 0.15) is 0 Å². The molecular formula is C10H20S. The van der Waals surface area contributed by atoms with Crippen molar-refractivity contribution in [3.05, 3.63) is 11.5 Å². The molecule has 11 heavy (non-hydrogen) atoms. The number of unbranched alkanes of at least 4 members (excludes halogenated alkanes) is 4. The summed E-state index contributed by atoms with van der Waals surface area (Å²) in [6, 6.07) is 0. The van der Waals surface area contributed by atoms with Crippen LogP contribution in [0.3, 0.4) is 0 Å². The lowest BCUT2D eigenvalue weighted by atomic mass is 10.2. The molecule has 0 aromatic heterocycles. The lowest BCUT2D eigenvalue weighted by Crippen LogP contribution is -1.73. The number of hydrogen-bond acceptors (Lipinski definition) is 1. The van der Waals surface area contributed by atoms with Crippen molar-refractivity contribution in [2.45, 2.75) is 46.0 Å². The zero-order chi connectivity index (χ0) is 8.36. The molecule has 66 valence electrons. The average molecular weight is 172 g/mol. The molecule has 0 radical (unpaired) electrons. The Morgan fingerprint density at radius 3 is 2.55 bits per heavy atom. The van der Waals surface area contributed by atoms with Gasteiger partial charge in [0.05, 0.1) is 0 Å². The van der Waals surface area contributed by atoms with E-state index in [9.17, 15) is 0 Å². The molecule has 0 saturated heterocycles. The van der Waals surface area contributed by atoms with Crippen LogP contribution in [0.2, 0.25) is 0 Å². The van der Waals surface area contributed by atoms with E-state index in [1.165, 1.54) is 37.9 Å². The van der Waals surface area contributed by atoms with Crippen LogP contribution in [0.25, 0.3) is 0 Å². The maximum absolute atomic E-state index is 2.30. The van der Waals surface area contributed by atoms with Crippen molar-refractivity contribution in [1.29, 1.82) is 0 Å². The maximum atomic E-state index is 2.30. The second-order valence-electron chi connectivity index (χ2n) is 2.68. The van der Waals surface area contributed by atoms with E-state index < -0.39 is 0 Å². The summed E-state index contributed by atoms with van der Waals surface area (Å²) in [6.07, 6.45) is 9.07. The van der Waals surface area contributed by atoms with E-state index in [0.717, 1.165) is 0 Å². The highest BCUT2D eigenvalue weighted by molar-refractivity contribution is 8.02. The van der Waals surface area contributed by atoms with Crippen molar-refractivity contribution in [3.8, 4) is 0 Å². The molecule has 0 aromatic rings. The number of allylic oxidation sites excluding steroid dienone is 1. The molecule has 0 rings (SSSR count). The lowest BCUT2D eigenvalue weighted by molar-refractivity contribution is 0.675. The fourth-order valence-corrected chi connectivity index (χ4v) is 1.39. The largest absolute Gasteiger partial charge is 0.135 e. The van der Waals surface area contributed by atoms with Gasteiger partial charge < -0.3 is 0 Å². The number of thioether (sulfide) groups is 1. The predicted molar refractivity (Wildman–Crippen MR) is 56.0 cm³/mol. The van der Waals surface area contributed by atoms with Gasteiger partial charge in [0.15, 0.2) is 0 Å². The molecule has 0 unspecified atom stereocenters. The van der Waals surface area contributed by atoms with Crippen LogP contribution in [0.15, 0.2) is 11.5 Å². The van der Waals surface area contributed by atoms with Crippen LogP contribution in [0, 0.1) is 0 Å². The van der Waals surface area contributed by atoms with E-state index in [1.54, 1.807) is 0 Å². The van der Waals surface area contributed by atoms with Crippen molar-refractivity contribution in [2.75, 3.05) is 5.75 Å². The van der Waals surface area contributed by atoms with Gasteiger partial charge in [-0.15, -0.1) is 11.8 Å². The van der Waals surface area contributed by atoms with Crippen LogP contribution in [-0.2, 0) is 0 Å². The topological polar surface area (TPSA) is 0 Å². The Labute approximate surface area is 75.5 Å². The fraction of sp³-hybridized carbons (Fsp3) is 0.800. The molecule has 0 atom stereocenters. The van der Waals surface area contributed by atoms with Crippen molar-refractivity contribution in [1.82, 2.24) is 0 Å². The van der Waals surface area contributed by atoms with Gasteiger partial charge in [-0.05, 0) is 24.0 Å². The Balaban J connectivity index is 2.89. The molecule has 0 bridgehead atoms. The lowest BCUT2D eigenvalue weighted by Gasteiger charge is -1.93. The molecule has 0 aliphatic heterocycles. The molecule has 0 N–H and O–H groups in total.